The van der Waals surface area contributed by atoms with Crippen LogP contribution in [0.3, 0.4) is 0 Å². The predicted octanol–water partition coefficient (Wildman–Crippen LogP) is 0.0840. The van der Waals surface area contributed by atoms with Crippen LogP contribution in [0.2, 0.25) is 0 Å². The lowest BCUT2D eigenvalue weighted by Crippen LogP contribution is -2.28. The number of hydrogen-bond donors (Lipinski definition) is 3. The van der Waals surface area contributed by atoms with E-state index >= 15 is 0 Å². The molecule has 14 heavy (non-hydrogen) atoms. The molecule has 0 amide bonds. The van der Waals surface area contributed by atoms with Crippen LogP contribution in [0.1, 0.15) is 11.9 Å². The van der Waals surface area contributed by atoms with Gasteiger partial charge in [-0.25, -0.2) is 10.4 Å². The smallest absolute Gasteiger partial charge is 0.161 e. The number of hydrazine groups is 1. The summed E-state index contributed by atoms with van der Waals surface area (Å²) < 4.78 is 0. The van der Waals surface area contributed by atoms with Gasteiger partial charge in [0.1, 0.15) is 5.69 Å². The summed E-state index contributed by atoms with van der Waals surface area (Å²) in [5.74, 6) is 5.08. The lowest BCUT2D eigenvalue weighted by molar-refractivity contribution is 0.135. The number of hydrogen-bond acceptors (Lipinski definition) is 5. The Balaban J connectivity index is 2.51. The second-order valence-corrected chi connectivity index (χ2v) is 2.85. The number of aliphatic hydroxyl groups is 1. The van der Waals surface area contributed by atoms with Gasteiger partial charge in [-0.05, 0) is 12.1 Å². The Morgan fingerprint density at radius 3 is 2.71 bits per heavy atom. The standard InChI is InChI=1S/C9H10N4O/c10-13-9(14)8-5-11-6-3-1-2-4-7(6)12-8/h1-5,9,13-14H,10H2. The molecule has 1 heterocycles. The van der Waals surface area contributed by atoms with E-state index in [-0.39, 0.29) is 0 Å². The predicted molar refractivity (Wildman–Crippen MR) is 51.8 cm³/mol. The van der Waals surface area contributed by atoms with Gasteiger partial charge < -0.3 is 5.11 Å². The number of nitrogens with zero attached hydrogens (tertiary/aromatic N) is 2. The van der Waals surface area contributed by atoms with Gasteiger partial charge in [0, 0.05) is 0 Å². The first-order valence-electron chi connectivity index (χ1n) is 4.17. The summed E-state index contributed by atoms with van der Waals surface area (Å²) in [5, 5.41) is 9.35. The average molecular weight is 190 g/mol. The third-order valence-electron chi connectivity index (χ3n) is 1.91. The highest BCUT2D eigenvalue weighted by Gasteiger charge is 2.07. The van der Waals surface area contributed by atoms with Gasteiger partial charge in [0.25, 0.3) is 0 Å². The minimum absolute atomic E-state index is 0.409. The molecule has 1 aromatic heterocycles. The Labute approximate surface area is 80.6 Å². The molecule has 72 valence electrons. The van der Waals surface area contributed by atoms with Gasteiger partial charge in [0.15, 0.2) is 6.23 Å². The molecule has 2 rings (SSSR count). The lowest BCUT2D eigenvalue weighted by Gasteiger charge is -2.07. The van der Waals surface area contributed by atoms with Gasteiger partial charge in [0.05, 0.1) is 17.2 Å². The van der Waals surface area contributed by atoms with Crippen molar-refractivity contribution < 1.29 is 5.11 Å². The number of nitrogens with two attached hydrogens (primary N) is 1. The molecule has 0 aliphatic carbocycles. The first-order chi connectivity index (χ1) is 6.81. The van der Waals surface area contributed by atoms with E-state index in [4.69, 9.17) is 5.84 Å². The van der Waals surface area contributed by atoms with Gasteiger partial charge in [-0.3, -0.25) is 10.8 Å². The largest absolute Gasteiger partial charge is 0.371 e. The maximum Gasteiger partial charge on any atom is 0.161 e. The van der Waals surface area contributed by atoms with E-state index in [2.05, 4.69) is 15.4 Å². The fourth-order valence-corrected chi connectivity index (χ4v) is 1.19. The summed E-state index contributed by atoms with van der Waals surface area (Å²) in [4.78, 5) is 8.32. The SMILES string of the molecule is NNC(O)c1cnc2ccccc2n1. The molecule has 4 N–H and O–H groups in total. The first kappa shape index (κ1) is 9.01. The maximum atomic E-state index is 9.35. The van der Waals surface area contributed by atoms with Crippen LogP contribution >= 0.6 is 0 Å². The molecule has 0 aliphatic heterocycles. The highest BCUT2D eigenvalue weighted by atomic mass is 16.3. The Kier molecular flexibility index (Phi) is 2.36. The van der Waals surface area contributed by atoms with E-state index in [1.165, 1.54) is 6.20 Å². The van der Waals surface area contributed by atoms with Gasteiger partial charge in [-0.15, -0.1) is 0 Å². The van der Waals surface area contributed by atoms with Crippen molar-refractivity contribution in [1.82, 2.24) is 15.4 Å². The molecule has 1 atom stereocenters. The number of nitrogens with one attached hydrogen (secondary N) is 1. The number of para-hydroxylation sites is 2. The Bertz CT molecular complexity index is 446. The van der Waals surface area contributed by atoms with Crippen molar-refractivity contribution in [1.29, 1.82) is 0 Å². The van der Waals surface area contributed by atoms with E-state index in [1.54, 1.807) is 0 Å². The zero-order valence-electron chi connectivity index (χ0n) is 7.38. The number of aliphatic hydroxyl groups excluding tert-OH is 1. The monoisotopic (exact) mass is 190 g/mol. The summed E-state index contributed by atoms with van der Waals surface area (Å²) in [5.41, 5.74) is 4.14. The fourth-order valence-electron chi connectivity index (χ4n) is 1.19. The number of fused-ring (bicyclic) bond motifs is 1. The summed E-state index contributed by atoms with van der Waals surface area (Å²) in [6.07, 6.45) is 0.513. The van der Waals surface area contributed by atoms with Gasteiger partial charge in [-0.1, -0.05) is 12.1 Å². The lowest BCUT2D eigenvalue weighted by atomic mass is 10.3. The molecular formula is C9H10N4O. The maximum absolute atomic E-state index is 9.35. The van der Waals surface area contributed by atoms with Gasteiger partial charge >= 0.3 is 0 Å². The highest BCUT2D eigenvalue weighted by molar-refractivity contribution is 5.73. The highest BCUT2D eigenvalue weighted by Crippen LogP contribution is 2.11. The fraction of sp³-hybridized carbons (Fsp3) is 0.111. The first-order valence-corrected chi connectivity index (χ1v) is 4.17. The van der Waals surface area contributed by atoms with Crippen LogP contribution in [-0.2, 0) is 0 Å². The van der Waals surface area contributed by atoms with Crippen molar-refractivity contribution in [3.8, 4) is 0 Å². The normalized spacial score (nSPS) is 13.0. The molecule has 0 fully saturated rings. The van der Waals surface area contributed by atoms with Crippen molar-refractivity contribution >= 4 is 11.0 Å². The molecule has 0 bridgehead atoms. The van der Waals surface area contributed by atoms with E-state index in [0.717, 1.165) is 11.0 Å². The minimum Gasteiger partial charge on any atom is -0.371 e. The summed E-state index contributed by atoms with van der Waals surface area (Å²) >= 11 is 0. The van der Waals surface area contributed by atoms with E-state index in [1.807, 2.05) is 24.3 Å². The summed E-state index contributed by atoms with van der Waals surface area (Å²) in [6.45, 7) is 0. The van der Waals surface area contributed by atoms with Crippen LogP contribution in [0.5, 0.6) is 0 Å². The van der Waals surface area contributed by atoms with E-state index < -0.39 is 6.23 Å². The van der Waals surface area contributed by atoms with Crippen molar-refractivity contribution in [2.45, 2.75) is 6.23 Å². The van der Waals surface area contributed by atoms with E-state index in [0.29, 0.717) is 5.69 Å². The van der Waals surface area contributed by atoms with Gasteiger partial charge in [0.2, 0.25) is 0 Å². The zero-order chi connectivity index (χ0) is 9.97. The van der Waals surface area contributed by atoms with Crippen molar-refractivity contribution in [2.24, 2.45) is 5.84 Å². The number of rotatable bonds is 2. The molecule has 0 aliphatic rings. The molecule has 0 radical (unpaired) electrons. The van der Waals surface area contributed by atoms with Crippen LogP contribution in [0, 0.1) is 0 Å². The average Bonchev–Trinajstić information content (AvgIpc) is 2.27. The molecule has 5 nitrogen and oxygen atoms in total. The Morgan fingerprint density at radius 2 is 2.00 bits per heavy atom. The molecule has 2 aromatic rings. The number of benzene rings is 1. The topological polar surface area (TPSA) is 84.1 Å². The minimum atomic E-state index is -0.980. The van der Waals surface area contributed by atoms with Crippen LogP contribution < -0.4 is 11.3 Å². The van der Waals surface area contributed by atoms with Crippen molar-refractivity contribution in [2.75, 3.05) is 0 Å². The Morgan fingerprint density at radius 1 is 1.29 bits per heavy atom. The van der Waals surface area contributed by atoms with Crippen molar-refractivity contribution in [3.05, 3.63) is 36.2 Å². The van der Waals surface area contributed by atoms with Crippen LogP contribution in [0.25, 0.3) is 11.0 Å². The summed E-state index contributed by atoms with van der Waals surface area (Å²) in [6, 6.07) is 7.43. The molecule has 1 unspecified atom stereocenters. The third kappa shape index (κ3) is 1.56. The van der Waals surface area contributed by atoms with Crippen molar-refractivity contribution in [3.63, 3.8) is 0 Å². The molecule has 5 heteroatoms. The second-order valence-electron chi connectivity index (χ2n) is 2.85. The molecule has 0 saturated heterocycles. The van der Waals surface area contributed by atoms with Crippen LogP contribution in [0.4, 0.5) is 0 Å². The zero-order valence-corrected chi connectivity index (χ0v) is 7.38. The van der Waals surface area contributed by atoms with Crippen LogP contribution in [-0.4, -0.2) is 15.1 Å². The summed E-state index contributed by atoms with van der Waals surface area (Å²) in [7, 11) is 0. The van der Waals surface area contributed by atoms with E-state index in [9.17, 15) is 5.11 Å². The molecule has 1 aromatic carbocycles. The molecule has 0 spiro atoms. The second kappa shape index (κ2) is 3.67. The molecule has 0 saturated carbocycles. The Hall–Kier alpha value is -1.56. The third-order valence-corrected chi connectivity index (χ3v) is 1.91. The number of aromatic nitrogens is 2. The quantitative estimate of drug-likeness (QED) is 0.355. The molecular weight excluding hydrogens is 180 g/mol. The van der Waals surface area contributed by atoms with Crippen LogP contribution in [0.15, 0.2) is 30.5 Å². The van der Waals surface area contributed by atoms with Gasteiger partial charge in [-0.2, -0.15) is 0 Å².